The number of ether oxygens (including phenoxy) is 1. The second-order valence-corrected chi connectivity index (χ2v) is 8.08. The average Bonchev–Trinajstić information content (AvgIpc) is 2.73. The lowest BCUT2D eigenvalue weighted by Crippen LogP contribution is -2.53. The van der Waals surface area contributed by atoms with Gasteiger partial charge in [0.1, 0.15) is 6.04 Å². The van der Waals surface area contributed by atoms with E-state index in [2.05, 4.69) is 28.5 Å². The van der Waals surface area contributed by atoms with Crippen LogP contribution in [0.15, 0.2) is 24.3 Å². The third-order valence-electron chi connectivity index (χ3n) is 5.86. The molecule has 2 aliphatic heterocycles. The van der Waals surface area contributed by atoms with E-state index in [0.29, 0.717) is 6.54 Å². The van der Waals surface area contributed by atoms with E-state index in [1.807, 2.05) is 23.1 Å². The summed E-state index contributed by atoms with van der Waals surface area (Å²) < 4.78 is 5.42. The number of nitrogens with one attached hydrogen (secondary N) is 2. The Bertz CT molecular complexity index is 690. The van der Waals surface area contributed by atoms with E-state index in [-0.39, 0.29) is 18.0 Å². The number of hydrogen-bond acceptors (Lipinski definition) is 4. The molecule has 3 amide bonds. The van der Waals surface area contributed by atoms with E-state index < -0.39 is 6.04 Å². The standard InChI is InChI=1S/C22H34N4O3/c1-17-7-5-6-10-26(17)21(27)18(2)24-22(28)23-15-19-8-3-4-9-20(19)16-25-11-13-29-14-12-25/h3-4,8-9,17-18H,5-7,10-16H2,1-2H3,(H2,23,24,28). The van der Waals surface area contributed by atoms with Gasteiger partial charge in [0, 0.05) is 38.8 Å². The molecule has 7 heteroatoms. The molecule has 0 spiro atoms. The Morgan fingerprint density at radius 3 is 2.59 bits per heavy atom. The van der Waals surface area contributed by atoms with Gasteiger partial charge in [-0.1, -0.05) is 24.3 Å². The maximum atomic E-state index is 12.7. The Morgan fingerprint density at radius 2 is 1.86 bits per heavy atom. The molecule has 1 aromatic rings. The van der Waals surface area contributed by atoms with Crippen molar-refractivity contribution in [3.63, 3.8) is 0 Å². The van der Waals surface area contributed by atoms with Gasteiger partial charge in [-0.25, -0.2) is 4.79 Å². The van der Waals surface area contributed by atoms with Gasteiger partial charge in [-0.05, 0) is 44.2 Å². The second-order valence-electron chi connectivity index (χ2n) is 8.08. The maximum absolute atomic E-state index is 12.7. The molecule has 160 valence electrons. The first-order chi connectivity index (χ1) is 14.0. The Morgan fingerprint density at radius 1 is 1.14 bits per heavy atom. The number of amides is 3. The van der Waals surface area contributed by atoms with Gasteiger partial charge in [0.15, 0.2) is 0 Å². The molecule has 2 aliphatic rings. The molecule has 2 heterocycles. The fourth-order valence-electron chi connectivity index (χ4n) is 4.04. The smallest absolute Gasteiger partial charge is 0.315 e. The summed E-state index contributed by atoms with van der Waals surface area (Å²) in [6, 6.07) is 7.57. The zero-order chi connectivity index (χ0) is 20.6. The average molecular weight is 403 g/mol. The van der Waals surface area contributed by atoms with Crippen molar-refractivity contribution in [2.75, 3.05) is 32.8 Å². The molecular formula is C22H34N4O3. The molecule has 29 heavy (non-hydrogen) atoms. The highest BCUT2D eigenvalue weighted by atomic mass is 16.5. The summed E-state index contributed by atoms with van der Waals surface area (Å²) in [5.74, 6) is 0.0000626. The van der Waals surface area contributed by atoms with Crippen molar-refractivity contribution in [3.8, 4) is 0 Å². The highest BCUT2D eigenvalue weighted by Gasteiger charge is 2.27. The second kappa shape index (κ2) is 10.6. The first-order valence-corrected chi connectivity index (χ1v) is 10.8. The van der Waals surface area contributed by atoms with Crippen LogP contribution in [-0.2, 0) is 22.6 Å². The van der Waals surface area contributed by atoms with Crippen molar-refractivity contribution in [2.45, 2.75) is 58.3 Å². The SMILES string of the molecule is CC(NC(=O)NCc1ccccc1CN1CCOCC1)C(=O)N1CCCCC1C. The van der Waals surface area contributed by atoms with Crippen LogP contribution >= 0.6 is 0 Å². The van der Waals surface area contributed by atoms with Crippen LogP contribution in [0.5, 0.6) is 0 Å². The molecule has 3 rings (SSSR count). The Kier molecular flexibility index (Phi) is 7.89. The molecule has 0 radical (unpaired) electrons. The third-order valence-corrected chi connectivity index (χ3v) is 5.86. The van der Waals surface area contributed by atoms with Crippen LogP contribution in [0.25, 0.3) is 0 Å². The van der Waals surface area contributed by atoms with E-state index in [1.54, 1.807) is 6.92 Å². The largest absolute Gasteiger partial charge is 0.379 e. The van der Waals surface area contributed by atoms with Gasteiger partial charge in [-0.3, -0.25) is 9.69 Å². The van der Waals surface area contributed by atoms with Gasteiger partial charge in [0.05, 0.1) is 13.2 Å². The number of urea groups is 1. The topological polar surface area (TPSA) is 73.9 Å². The van der Waals surface area contributed by atoms with Gasteiger partial charge in [-0.2, -0.15) is 0 Å². The van der Waals surface area contributed by atoms with Crippen LogP contribution in [0.1, 0.15) is 44.2 Å². The zero-order valence-electron chi connectivity index (χ0n) is 17.7. The predicted molar refractivity (Wildman–Crippen MR) is 112 cm³/mol. The molecule has 2 fully saturated rings. The number of carbonyl (C=O) groups excluding carboxylic acids is 2. The van der Waals surface area contributed by atoms with E-state index >= 15 is 0 Å². The van der Waals surface area contributed by atoms with E-state index in [1.165, 1.54) is 5.56 Å². The molecule has 2 saturated heterocycles. The summed E-state index contributed by atoms with van der Waals surface area (Å²) >= 11 is 0. The monoisotopic (exact) mass is 402 g/mol. The summed E-state index contributed by atoms with van der Waals surface area (Å²) in [6.45, 7) is 9.30. The van der Waals surface area contributed by atoms with Crippen molar-refractivity contribution in [1.29, 1.82) is 0 Å². The highest BCUT2D eigenvalue weighted by Crippen LogP contribution is 2.17. The first kappa shape index (κ1) is 21.6. The van der Waals surface area contributed by atoms with Crippen molar-refractivity contribution < 1.29 is 14.3 Å². The molecule has 0 saturated carbocycles. The molecule has 2 unspecified atom stereocenters. The number of rotatable bonds is 6. The Hall–Kier alpha value is -2.12. The van der Waals surface area contributed by atoms with Gasteiger partial charge >= 0.3 is 6.03 Å². The highest BCUT2D eigenvalue weighted by molar-refractivity contribution is 5.87. The Labute approximate surface area is 173 Å². The van der Waals surface area contributed by atoms with Gasteiger partial charge in [-0.15, -0.1) is 0 Å². The number of hydrogen-bond donors (Lipinski definition) is 2. The molecule has 0 aliphatic carbocycles. The molecule has 2 N–H and O–H groups in total. The summed E-state index contributed by atoms with van der Waals surface area (Å²) in [6.07, 6.45) is 3.23. The summed E-state index contributed by atoms with van der Waals surface area (Å²) in [7, 11) is 0. The lowest BCUT2D eigenvalue weighted by Gasteiger charge is -2.35. The zero-order valence-corrected chi connectivity index (χ0v) is 17.7. The van der Waals surface area contributed by atoms with Crippen LogP contribution in [-0.4, -0.2) is 66.7 Å². The molecule has 0 aromatic heterocycles. The molecule has 1 aromatic carbocycles. The van der Waals surface area contributed by atoms with Crippen LogP contribution in [0, 0.1) is 0 Å². The lowest BCUT2D eigenvalue weighted by atomic mass is 10.0. The first-order valence-electron chi connectivity index (χ1n) is 10.8. The fourth-order valence-corrected chi connectivity index (χ4v) is 4.04. The lowest BCUT2D eigenvalue weighted by molar-refractivity contribution is -0.136. The number of carbonyl (C=O) groups is 2. The minimum absolute atomic E-state index is 0.0000626. The Balaban J connectivity index is 1.49. The predicted octanol–water partition coefficient (Wildman–Crippen LogP) is 2.11. The number of benzene rings is 1. The number of likely N-dealkylation sites (tertiary alicyclic amines) is 1. The molecule has 7 nitrogen and oxygen atoms in total. The van der Waals surface area contributed by atoms with Crippen LogP contribution in [0.3, 0.4) is 0 Å². The van der Waals surface area contributed by atoms with Crippen LogP contribution < -0.4 is 10.6 Å². The minimum atomic E-state index is -0.529. The van der Waals surface area contributed by atoms with Gasteiger partial charge < -0.3 is 20.3 Å². The number of morpholine rings is 1. The quantitative estimate of drug-likeness (QED) is 0.764. The summed E-state index contributed by atoms with van der Waals surface area (Å²) in [5, 5.41) is 5.71. The summed E-state index contributed by atoms with van der Waals surface area (Å²) in [4.78, 5) is 29.3. The normalized spacial score (nSPS) is 21.4. The fraction of sp³-hybridized carbons (Fsp3) is 0.636. The van der Waals surface area contributed by atoms with Gasteiger partial charge in [0.2, 0.25) is 5.91 Å². The third kappa shape index (κ3) is 6.18. The molecule has 2 atom stereocenters. The van der Waals surface area contributed by atoms with E-state index in [0.717, 1.165) is 64.2 Å². The van der Waals surface area contributed by atoms with Crippen LogP contribution in [0.4, 0.5) is 4.79 Å². The van der Waals surface area contributed by atoms with Crippen molar-refractivity contribution in [2.24, 2.45) is 0 Å². The number of piperidine rings is 1. The van der Waals surface area contributed by atoms with E-state index in [4.69, 9.17) is 4.74 Å². The van der Waals surface area contributed by atoms with Crippen molar-refractivity contribution in [1.82, 2.24) is 20.4 Å². The molecular weight excluding hydrogens is 368 g/mol. The van der Waals surface area contributed by atoms with Crippen LogP contribution in [0.2, 0.25) is 0 Å². The van der Waals surface area contributed by atoms with E-state index in [9.17, 15) is 9.59 Å². The molecule has 0 bridgehead atoms. The van der Waals surface area contributed by atoms with Gasteiger partial charge in [0.25, 0.3) is 0 Å². The summed E-state index contributed by atoms with van der Waals surface area (Å²) in [5.41, 5.74) is 2.30. The van der Waals surface area contributed by atoms with Crippen molar-refractivity contribution in [3.05, 3.63) is 35.4 Å². The minimum Gasteiger partial charge on any atom is -0.379 e. The maximum Gasteiger partial charge on any atom is 0.315 e. The number of nitrogens with zero attached hydrogens (tertiary/aromatic N) is 2. The van der Waals surface area contributed by atoms with Crippen molar-refractivity contribution >= 4 is 11.9 Å².